The van der Waals surface area contributed by atoms with Crippen molar-refractivity contribution in [3.8, 4) is 0 Å². The molecule has 0 fully saturated rings. The standard InChI is InChI=1S/C22H16F2N4O2S2/c23-14-5-1-3-7-16(14)26-20(29)12-31-22-28-18-10-9-13(11-19(18)32-22)25-21(30)27-17-8-4-2-6-15(17)24/h1-11H,12H2,(H,26,29)(H2,25,27,30). The largest absolute Gasteiger partial charge is 0.323 e. The summed E-state index contributed by atoms with van der Waals surface area (Å²) in [6.07, 6.45) is 0. The molecule has 32 heavy (non-hydrogen) atoms. The fourth-order valence-corrected chi connectivity index (χ4v) is 4.67. The third-order valence-electron chi connectivity index (χ3n) is 4.22. The van der Waals surface area contributed by atoms with Crippen molar-refractivity contribution in [2.24, 2.45) is 0 Å². The number of para-hydroxylation sites is 2. The van der Waals surface area contributed by atoms with Crippen LogP contribution < -0.4 is 16.0 Å². The summed E-state index contributed by atoms with van der Waals surface area (Å²) < 4.78 is 28.8. The number of carbonyl (C=O) groups is 2. The molecule has 0 saturated heterocycles. The molecule has 0 bridgehead atoms. The molecule has 1 aromatic heterocycles. The molecule has 3 aromatic carbocycles. The molecule has 4 aromatic rings. The first-order valence-corrected chi connectivity index (χ1v) is 11.2. The van der Waals surface area contributed by atoms with Crippen LogP contribution in [0.4, 0.5) is 30.6 Å². The average molecular weight is 471 g/mol. The van der Waals surface area contributed by atoms with E-state index in [4.69, 9.17) is 0 Å². The second kappa shape index (κ2) is 9.75. The van der Waals surface area contributed by atoms with Crippen LogP contribution in [-0.2, 0) is 4.79 Å². The van der Waals surface area contributed by atoms with E-state index >= 15 is 0 Å². The van der Waals surface area contributed by atoms with Gasteiger partial charge in [-0.05, 0) is 42.5 Å². The lowest BCUT2D eigenvalue weighted by molar-refractivity contribution is -0.113. The van der Waals surface area contributed by atoms with E-state index in [9.17, 15) is 18.4 Å². The minimum atomic E-state index is -0.571. The van der Waals surface area contributed by atoms with E-state index in [0.717, 1.165) is 4.70 Å². The second-order valence-electron chi connectivity index (χ2n) is 6.54. The van der Waals surface area contributed by atoms with Crippen molar-refractivity contribution in [3.63, 3.8) is 0 Å². The zero-order valence-corrected chi connectivity index (χ0v) is 18.0. The van der Waals surface area contributed by atoms with E-state index in [2.05, 4.69) is 20.9 Å². The van der Waals surface area contributed by atoms with Gasteiger partial charge in [-0.3, -0.25) is 4.79 Å². The Kier molecular flexibility index (Phi) is 6.62. The zero-order chi connectivity index (χ0) is 22.5. The van der Waals surface area contributed by atoms with Crippen molar-refractivity contribution in [2.45, 2.75) is 4.34 Å². The van der Waals surface area contributed by atoms with Gasteiger partial charge < -0.3 is 16.0 Å². The average Bonchev–Trinajstić information content (AvgIpc) is 3.18. The van der Waals surface area contributed by atoms with E-state index in [-0.39, 0.29) is 23.0 Å². The molecule has 3 amide bonds. The zero-order valence-electron chi connectivity index (χ0n) is 16.4. The third kappa shape index (κ3) is 5.40. The fraction of sp³-hybridized carbons (Fsp3) is 0.0455. The minimum Gasteiger partial charge on any atom is -0.323 e. The molecule has 162 valence electrons. The third-order valence-corrected chi connectivity index (χ3v) is 6.38. The molecule has 4 rings (SSSR count). The van der Waals surface area contributed by atoms with Gasteiger partial charge in [0.25, 0.3) is 0 Å². The second-order valence-corrected chi connectivity index (χ2v) is 8.79. The molecule has 0 aliphatic rings. The Bertz CT molecular complexity index is 1300. The number of nitrogens with zero attached hydrogens (tertiary/aromatic N) is 1. The van der Waals surface area contributed by atoms with Gasteiger partial charge in [-0.25, -0.2) is 18.6 Å². The summed E-state index contributed by atoms with van der Waals surface area (Å²) in [4.78, 5) is 28.7. The molecule has 0 aliphatic carbocycles. The highest BCUT2D eigenvalue weighted by Crippen LogP contribution is 2.31. The van der Waals surface area contributed by atoms with Crippen LogP contribution >= 0.6 is 23.1 Å². The SMILES string of the molecule is O=C(CSc1nc2ccc(NC(=O)Nc3ccccc3F)cc2s1)Nc1ccccc1F. The summed E-state index contributed by atoms with van der Waals surface area (Å²) in [5.41, 5.74) is 1.44. The molecule has 10 heteroatoms. The number of amides is 3. The van der Waals surface area contributed by atoms with Crippen LogP contribution in [0.3, 0.4) is 0 Å². The van der Waals surface area contributed by atoms with Crippen molar-refractivity contribution in [1.29, 1.82) is 0 Å². The number of thiazole rings is 1. The van der Waals surface area contributed by atoms with Gasteiger partial charge in [-0.15, -0.1) is 11.3 Å². The number of anilines is 3. The number of thioether (sulfide) groups is 1. The number of urea groups is 1. The first-order valence-electron chi connectivity index (χ1n) is 9.38. The molecular weight excluding hydrogens is 454 g/mol. The monoisotopic (exact) mass is 470 g/mol. The maximum atomic E-state index is 13.7. The van der Waals surface area contributed by atoms with Gasteiger partial charge in [0.15, 0.2) is 4.34 Å². The van der Waals surface area contributed by atoms with E-state index in [0.29, 0.717) is 15.5 Å². The Balaban J connectivity index is 1.36. The Morgan fingerprint density at radius 1 is 0.875 bits per heavy atom. The molecule has 1 heterocycles. The first-order chi connectivity index (χ1) is 15.5. The quantitative estimate of drug-likeness (QED) is 0.304. The Labute approximate surface area is 190 Å². The van der Waals surface area contributed by atoms with Gasteiger partial charge in [-0.1, -0.05) is 36.0 Å². The number of rotatable bonds is 6. The number of aromatic nitrogens is 1. The number of benzene rings is 3. The normalized spacial score (nSPS) is 10.7. The topological polar surface area (TPSA) is 83.1 Å². The van der Waals surface area contributed by atoms with Gasteiger partial charge in [0.1, 0.15) is 11.6 Å². The number of fused-ring (bicyclic) bond motifs is 1. The number of carbonyl (C=O) groups excluding carboxylic acids is 2. The fourth-order valence-electron chi connectivity index (χ4n) is 2.77. The number of nitrogens with one attached hydrogen (secondary N) is 3. The van der Waals surface area contributed by atoms with E-state index in [1.54, 1.807) is 36.4 Å². The molecule has 0 atom stereocenters. The molecule has 0 unspecified atom stereocenters. The van der Waals surface area contributed by atoms with E-state index in [1.807, 2.05) is 0 Å². The summed E-state index contributed by atoms with van der Waals surface area (Å²) in [7, 11) is 0. The molecule has 0 aliphatic heterocycles. The highest BCUT2D eigenvalue weighted by atomic mass is 32.2. The molecule has 6 nitrogen and oxygen atoms in total. The molecule has 0 saturated carbocycles. The van der Waals surface area contributed by atoms with Crippen LogP contribution in [0.1, 0.15) is 0 Å². The van der Waals surface area contributed by atoms with Crippen LogP contribution in [0.2, 0.25) is 0 Å². The van der Waals surface area contributed by atoms with Gasteiger partial charge in [-0.2, -0.15) is 0 Å². The predicted octanol–water partition coefficient (Wildman–Crippen LogP) is 5.95. The van der Waals surface area contributed by atoms with Gasteiger partial charge in [0, 0.05) is 5.69 Å². The Hall–Kier alpha value is -3.50. The Morgan fingerprint density at radius 2 is 1.53 bits per heavy atom. The Morgan fingerprint density at radius 3 is 2.22 bits per heavy atom. The van der Waals surface area contributed by atoms with Crippen LogP contribution in [0.5, 0.6) is 0 Å². The summed E-state index contributed by atoms with van der Waals surface area (Å²) >= 11 is 2.60. The lowest BCUT2D eigenvalue weighted by Crippen LogP contribution is -2.19. The lowest BCUT2D eigenvalue weighted by atomic mass is 10.3. The van der Waals surface area contributed by atoms with E-state index < -0.39 is 17.7 Å². The molecule has 3 N–H and O–H groups in total. The van der Waals surface area contributed by atoms with Crippen molar-refractivity contribution in [3.05, 3.63) is 78.4 Å². The molecule has 0 spiro atoms. The summed E-state index contributed by atoms with van der Waals surface area (Å²) in [6, 6.07) is 16.4. The van der Waals surface area contributed by atoms with E-state index in [1.165, 1.54) is 53.4 Å². The predicted molar refractivity (Wildman–Crippen MR) is 124 cm³/mol. The van der Waals surface area contributed by atoms with Crippen LogP contribution in [0, 0.1) is 11.6 Å². The van der Waals surface area contributed by atoms with Crippen molar-refractivity contribution in [2.75, 3.05) is 21.7 Å². The van der Waals surface area contributed by atoms with Gasteiger partial charge in [0.05, 0.1) is 27.3 Å². The van der Waals surface area contributed by atoms with Crippen molar-refractivity contribution in [1.82, 2.24) is 4.98 Å². The first kappa shape index (κ1) is 21.7. The van der Waals surface area contributed by atoms with Crippen molar-refractivity contribution < 1.29 is 18.4 Å². The maximum Gasteiger partial charge on any atom is 0.323 e. The summed E-state index contributed by atoms with van der Waals surface area (Å²) in [5, 5.41) is 7.64. The number of hydrogen-bond acceptors (Lipinski definition) is 5. The molecular formula is C22H16F2N4O2S2. The van der Waals surface area contributed by atoms with Crippen LogP contribution in [-0.4, -0.2) is 22.7 Å². The van der Waals surface area contributed by atoms with Gasteiger partial charge >= 0.3 is 6.03 Å². The summed E-state index contributed by atoms with van der Waals surface area (Å²) in [6.45, 7) is 0. The van der Waals surface area contributed by atoms with Crippen molar-refractivity contribution >= 4 is 62.3 Å². The highest BCUT2D eigenvalue weighted by Gasteiger charge is 2.11. The highest BCUT2D eigenvalue weighted by molar-refractivity contribution is 8.01. The lowest BCUT2D eigenvalue weighted by Gasteiger charge is -2.08. The maximum absolute atomic E-state index is 13.7. The number of hydrogen-bond donors (Lipinski definition) is 3. The number of halogens is 2. The van der Waals surface area contributed by atoms with Gasteiger partial charge in [0.2, 0.25) is 5.91 Å². The smallest absolute Gasteiger partial charge is 0.323 e. The molecule has 0 radical (unpaired) electrons. The van der Waals surface area contributed by atoms with Crippen LogP contribution in [0.25, 0.3) is 10.2 Å². The minimum absolute atomic E-state index is 0.0737. The van der Waals surface area contributed by atoms with Crippen LogP contribution in [0.15, 0.2) is 71.1 Å². The summed E-state index contributed by atoms with van der Waals surface area (Å²) in [5.74, 6) is -1.29.